The van der Waals surface area contributed by atoms with Gasteiger partial charge in [-0.3, -0.25) is 9.59 Å². The Hall–Kier alpha value is -3.30. The van der Waals surface area contributed by atoms with Gasteiger partial charge in [0.1, 0.15) is 5.75 Å². The summed E-state index contributed by atoms with van der Waals surface area (Å²) < 4.78 is 5.48. The van der Waals surface area contributed by atoms with E-state index in [1.807, 2.05) is 38.1 Å². The largest absolute Gasteiger partial charge is 0.494 e. The number of nitrogens with zero attached hydrogens (tertiary/aromatic N) is 3. The lowest BCUT2D eigenvalue weighted by Crippen LogP contribution is -2.50. The van der Waals surface area contributed by atoms with Crippen LogP contribution in [0.4, 0.5) is 10.5 Å². The highest BCUT2D eigenvalue weighted by Gasteiger charge is 2.33. The third kappa shape index (κ3) is 5.57. The van der Waals surface area contributed by atoms with E-state index in [-0.39, 0.29) is 44.0 Å². The molecule has 2 N–H and O–H groups in total. The number of aliphatic hydroxyl groups excluding tert-OH is 1. The molecule has 2 aliphatic rings. The minimum atomic E-state index is -0.515. The average Bonchev–Trinajstić information content (AvgIpc) is 3.24. The molecule has 0 radical (unpaired) electrons. The van der Waals surface area contributed by atoms with Crippen LogP contribution in [-0.2, 0) is 11.3 Å². The van der Waals surface area contributed by atoms with Gasteiger partial charge in [0.05, 0.1) is 29.8 Å². The van der Waals surface area contributed by atoms with E-state index in [1.165, 1.54) is 0 Å². The molecular formula is C26H31ClN4O5. The summed E-state index contributed by atoms with van der Waals surface area (Å²) in [5.74, 6) is 0.0848. The quantitative estimate of drug-likeness (QED) is 0.638. The molecule has 1 saturated heterocycles. The molecule has 192 valence electrons. The van der Waals surface area contributed by atoms with Crippen LogP contribution in [0.25, 0.3) is 0 Å². The molecule has 36 heavy (non-hydrogen) atoms. The molecule has 2 aliphatic heterocycles. The summed E-state index contributed by atoms with van der Waals surface area (Å²) >= 11 is 6.44. The molecule has 4 rings (SSSR count). The highest BCUT2D eigenvalue weighted by Crippen LogP contribution is 2.31. The molecule has 1 fully saturated rings. The molecule has 0 aliphatic carbocycles. The molecule has 0 aromatic heterocycles. The van der Waals surface area contributed by atoms with Crippen LogP contribution in [0.3, 0.4) is 0 Å². The van der Waals surface area contributed by atoms with Crippen LogP contribution < -0.4 is 15.0 Å². The van der Waals surface area contributed by atoms with Gasteiger partial charge in [-0.2, -0.15) is 0 Å². The van der Waals surface area contributed by atoms with Crippen molar-refractivity contribution in [3.63, 3.8) is 0 Å². The smallest absolute Gasteiger partial charge is 0.318 e. The Morgan fingerprint density at radius 1 is 1.17 bits per heavy atom. The van der Waals surface area contributed by atoms with Gasteiger partial charge in [-0.15, -0.1) is 0 Å². The molecule has 0 bridgehead atoms. The van der Waals surface area contributed by atoms with Gasteiger partial charge >= 0.3 is 6.03 Å². The number of hydrogen-bond donors (Lipinski definition) is 2. The predicted octanol–water partition coefficient (Wildman–Crippen LogP) is 2.89. The van der Waals surface area contributed by atoms with Gasteiger partial charge in [-0.1, -0.05) is 29.8 Å². The van der Waals surface area contributed by atoms with E-state index in [9.17, 15) is 19.5 Å². The fourth-order valence-electron chi connectivity index (χ4n) is 4.58. The normalized spacial score (nSPS) is 19.5. The first-order valence-electron chi connectivity index (χ1n) is 12.1. The molecule has 0 spiro atoms. The minimum Gasteiger partial charge on any atom is -0.494 e. The molecule has 2 aromatic rings. The second kappa shape index (κ2) is 11.2. The number of para-hydroxylation sites is 1. The Kier molecular flexibility index (Phi) is 8.01. The summed E-state index contributed by atoms with van der Waals surface area (Å²) in [6.45, 7) is 5.37. The van der Waals surface area contributed by atoms with Crippen LogP contribution in [0.5, 0.6) is 5.75 Å². The van der Waals surface area contributed by atoms with E-state index >= 15 is 0 Å². The first-order chi connectivity index (χ1) is 17.3. The van der Waals surface area contributed by atoms with Crippen molar-refractivity contribution in [1.82, 2.24) is 15.1 Å². The fourth-order valence-corrected chi connectivity index (χ4v) is 4.83. The van der Waals surface area contributed by atoms with E-state index in [4.69, 9.17) is 16.3 Å². The van der Waals surface area contributed by atoms with Crippen molar-refractivity contribution in [3.8, 4) is 5.75 Å². The van der Waals surface area contributed by atoms with Gasteiger partial charge in [0, 0.05) is 37.9 Å². The lowest BCUT2D eigenvalue weighted by Gasteiger charge is -2.29. The summed E-state index contributed by atoms with van der Waals surface area (Å²) in [5, 5.41) is 12.7. The number of likely N-dealkylation sites (tertiary alicyclic amines) is 1. The Morgan fingerprint density at radius 2 is 1.94 bits per heavy atom. The monoisotopic (exact) mass is 514 g/mol. The SMILES string of the molecule is CCOc1ccc(C(=O)N2C[C@@H](C)N(C(=O)NCC(=O)N3CC[C@H](O)C3)Cc3ccccc32)c(Cl)c1. The number of β-amino-alcohol motifs (C(OH)–C–C–N with tert-alkyl or cyclic N) is 1. The van der Waals surface area contributed by atoms with Crippen LogP contribution in [0, 0.1) is 0 Å². The lowest BCUT2D eigenvalue weighted by atomic mass is 10.1. The number of hydrogen-bond acceptors (Lipinski definition) is 5. The maximum Gasteiger partial charge on any atom is 0.318 e. The highest BCUT2D eigenvalue weighted by molar-refractivity contribution is 6.34. The number of aliphatic hydroxyl groups is 1. The van der Waals surface area contributed by atoms with Crippen molar-refractivity contribution in [2.75, 3.05) is 37.7 Å². The summed E-state index contributed by atoms with van der Waals surface area (Å²) in [4.78, 5) is 44.0. The summed E-state index contributed by atoms with van der Waals surface area (Å²) in [6, 6.07) is 11.7. The molecular weight excluding hydrogens is 484 g/mol. The molecule has 2 heterocycles. The van der Waals surface area contributed by atoms with Gasteiger partial charge in [-0.25, -0.2) is 4.79 Å². The number of carbonyl (C=O) groups excluding carboxylic acids is 3. The number of rotatable bonds is 5. The van der Waals surface area contributed by atoms with Crippen molar-refractivity contribution >= 4 is 35.1 Å². The van der Waals surface area contributed by atoms with Crippen LogP contribution in [0.15, 0.2) is 42.5 Å². The van der Waals surface area contributed by atoms with Gasteiger partial charge in [0.15, 0.2) is 0 Å². The number of amides is 4. The molecule has 0 saturated carbocycles. The van der Waals surface area contributed by atoms with E-state index < -0.39 is 12.1 Å². The van der Waals surface area contributed by atoms with Crippen LogP contribution in [0.2, 0.25) is 5.02 Å². The van der Waals surface area contributed by atoms with Gasteiger partial charge in [-0.05, 0) is 50.1 Å². The highest BCUT2D eigenvalue weighted by atomic mass is 35.5. The number of carbonyl (C=O) groups is 3. The zero-order valence-electron chi connectivity index (χ0n) is 20.4. The zero-order valence-corrected chi connectivity index (χ0v) is 21.2. The standard InChI is InChI=1S/C26H31ClN4O5/c1-3-36-20-8-9-21(22(27)12-20)25(34)31-14-17(2)30(15-18-6-4-5-7-23(18)31)26(35)28-13-24(33)29-11-10-19(32)16-29/h4-9,12,17,19,32H,3,10-11,13-16H2,1-2H3,(H,28,35)/t17-,19+/m1/s1. The summed E-state index contributed by atoms with van der Waals surface area (Å²) in [6.07, 6.45) is 0.0289. The Balaban J connectivity index is 1.51. The topological polar surface area (TPSA) is 102 Å². The van der Waals surface area contributed by atoms with E-state index in [2.05, 4.69) is 5.32 Å². The lowest BCUT2D eigenvalue weighted by molar-refractivity contribution is -0.129. The predicted molar refractivity (Wildman–Crippen MR) is 136 cm³/mol. The molecule has 9 nitrogen and oxygen atoms in total. The second-order valence-corrected chi connectivity index (χ2v) is 9.44. The molecule has 2 aromatic carbocycles. The first kappa shape index (κ1) is 25.8. The first-order valence-corrected chi connectivity index (χ1v) is 12.5. The Morgan fingerprint density at radius 3 is 2.64 bits per heavy atom. The van der Waals surface area contributed by atoms with Crippen LogP contribution >= 0.6 is 11.6 Å². The third-order valence-corrected chi connectivity index (χ3v) is 6.81. The van der Waals surface area contributed by atoms with Crippen molar-refractivity contribution in [3.05, 3.63) is 58.6 Å². The van der Waals surface area contributed by atoms with Crippen molar-refractivity contribution < 1.29 is 24.2 Å². The maximum atomic E-state index is 13.6. The molecule has 4 amide bonds. The van der Waals surface area contributed by atoms with Gasteiger partial charge in [0.25, 0.3) is 5.91 Å². The number of benzene rings is 2. The third-order valence-electron chi connectivity index (χ3n) is 6.50. The number of halogens is 1. The Bertz CT molecular complexity index is 1140. The summed E-state index contributed by atoms with van der Waals surface area (Å²) in [7, 11) is 0. The number of anilines is 1. The van der Waals surface area contributed by atoms with Gasteiger partial charge in [0.2, 0.25) is 5.91 Å². The van der Waals surface area contributed by atoms with Crippen LogP contribution in [-0.4, -0.2) is 77.7 Å². The molecule has 2 atom stereocenters. The molecule has 10 heteroatoms. The van der Waals surface area contributed by atoms with Gasteiger partial charge < -0.3 is 29.9 Å². The van der Waals surface area contributed by atoms with Crippen LogP contribution in [0.1, 0.15) is 36.2 Å². The van der Waals surface area contributed by atoms with E-state index in [1.54, 1.807) is 32.9 Å². The van der Waals surface area contributed by atoms with E-state index in [0.29, 0.717) is 41.6 Å². The minimum absolute atomic E-state index is 0.152. The van der Waals surface area contributed by atoms with Crippen molar-refractivity contribution in [1.29, 1.82) is 0 Å². The number of fused-ring (bicyclic) bond motifs is 1. The number of nitrogens with one attached hydrogen (secondary N) is 1. The van der Waals surface area contributed by atoms with E-state index in [0.717, 1.165) is 5.56 Å². The van der Waals surface area contributed by atoms with Crippen molar-refractivity contribution in [2.24, 2.45) is 0 Å². The second-order valence-electron chi connectivity index (χ2n) is 9.04. The maximum absolute atomic E-state index is 13.6. The number of urea groups is 1. The average molecular weight is 515 g/mol. The number of ether oxygens (including phenoxy) is 1. The van der Waals surface area contributed by atoms with Crippen molar-refractivity contribution in [2.45, 2.75) is 39.0 Å². The Labute approximate surface area is 215 Å². The fraction of sp³-hybridized carbons (Fsp3) is 0.423. The zero-order chi connectivity index (χ0) is 25.8. The summed E-state index contributed by atoms with van der Waals surface area (Å²) in [5.41, 5.74) is 1.86. The molecule has 0 unspecified atom stereocenters.